The molecule has 2 amide bonds. The van der Waals surface area contributed by atoms with Crippen molar-refractivity contribution in [2.75, 3.05) is 39.9 Å². The Morgan fingerprint density at radius 3 is 2.84 bits per heavy atom. The molecule has 2 aliphatic heterocycles. The average Bonchev–Trinajstić information content (AvgIpc) is 2.95. The molecule has 3 atom stereocenters. The van der Waals surface area contributed by atoms with Gasteiger partial charge >= 0.3 is 6.03 Å². The van der Waals surface area contributed by atoms with Crippen LogP contribution >= 0.6 is 0 Å². The van der Waals surface area contributed by atoms with Gasteiger partial charge in [0, 0.05) is 51.8 Å². The highest BCUT2D eigenvalue weighted by Crippen LogP contribution is 2.20. The van der Waals surface area contributed by atoms with Crippen molar-refractivity contribution in [3.8, 4) is 0 Å². The first-order valence-corrected chi connectivity index (χ1v) is 9.47. The number of hydrogen-bond acceptors (Lipinski definition) is 3. The van der Waals surface area contributed by atoms with Crippen molar-refractivity contribution < 1.29 is 9.53 Å². The van der Waals surface area contributed by atoms with Gasteiger partial charge in [-0.15, -0.1) is 0 Å². The molecule has 138 valence electrons. The highest BCUT2D eigenvalue weighted by molar-refractivity contribution is 5.74. The first-order valence-electron chi connectivity index (χ1n) is 9.47. The van der Waals surface area contributed by atoms with Gasteiger partial charge < -0.3 is 15.0 Å². The molecule has 1 aromatic carbocycles. The number of benzene rings is 1. The number of amides is 2. The summed E-state index contributed by atoms with van der Waals surface area (Å²) >= 11 is 0. The van der Waals surface area contributed by atoms with Crippen LogP contribution in [0.3, 0.4) is 0 Å². The number of hydrogen-bond donors (Lipinski definition) is 1. The predicted molar refractivity (Wildman–Crippen MR) is 99.4 cm³/mol. The van der Waals surface area contributed by atoms with Gasteiger partial charge in [0.15, 0.2) is 0 Å². The summed E-state index contributed by atoms with van der Waals surface area (Å²) in [6.07, 6.45) is 2.26. The van der Waals surface area contributed by atoms with Crippen LogP contribution in [-0.2, 0) is 11.3 Å². The molecule has 0 bridgehead atoms. The number of carbonyl (C=O) groups is 1. The lowest BCUT2D eigenvalue weighted by molar-refractivity contribution is 0.0456. The van der Waals surface area contributed by atoms with Crippen molar-refractivity contribution in [3.05, 3.63) is 35.9 Å². The topological polar surface area (TPSA) is 44.8 Å². The Morgan fingerprint density at radius 2 is 2.12 bits per heavy atom. The summed E-state index contributed by atoms with van der Waals surface area (Å²) in [7, 11) is 1.89. The molecule has 5 nitrogen and oxygen atoms in total. The van der Waals surface area contributed by atoms with Gasteiger partial charge in [-0.05, 0) is 24.3 Å². The second kappa shape index (κ2) is 8.68. The molecule has 0 aliphatic carbocycles. The predicted octanol–water partition coefficient (Wildman–Crippen LogP) is 2.57. The molecule has 5 heteroatoms. The standard InChI is InChI=1S/C20H31N3O2/c1-16-11-23(13-17-7-4-3-5-8-17)14-19(16)21-20(24)22(2)12-18-9-6-10-25-15-18/h3-5,7-8,16,18-19H,6,9-15H2,1-2H3,(H,21,24)/t16-,18-,19+/m1/s1. The van der Waals surface area contributed by atoms with Gasteiger partial charge in [-0.3, -0.25) is 4.90 Å². The Hall–Kier alpha value is -1.59. The lowest BCUT2D eigenvalue weighted by Crippen LogP contribution is -2.47. The van der Waals surface area contributed by atoms with E-state index in [-0.39, 0.29) is 12.1 Å². The molecule has 2 heterocycles. The third-order valence-electron chi connectivity index (χ3n) is 5.38. The van der Waals surface area contributed by atoms with Crippen LogP contribution in [0, 0.1) is 11.8 Å². The summed E-state index contributed by atoms with van der Waals surface area (Å²) in [5.74, 6) is 0.944. The smallest absolute Gasteiger partial charge is 0.317 e. The van der Waals surface area contributed by atoms with E-state index < -0.39 is 0 Å². The Balaban J connectivity index is 1.46. The SMILES string of the molecule is C[C@@H]1CN(Cc2ccccc2)C[C@@H]1NC(=O)N(C)C[C@H]1CCCOC1. The third-order valence-corrected chi connectivity index (χ3v) is 5.38. The lowest BCUT2D eigenvalue weighted by atomic mass is 10.0. The first-order chi connectivity index (χ1) is 12.1. The van der Waals surface area contributed by atoms with Crippen LogP contribution in [0.4, 0.5) is 4.79 Å². The van der Waals surface area contributed by atoms with E-state index in [4.69, 9.17) is 4.74 Å². The Bertz CT molecular complexity index is 545. The Labute approximate surface area is 151 Å². The van der Waals surface area contributed by atoms with Crippen LogP contribution in [0.5, 0.6) is 0 Å². The molecule has 0 spiro atoms. The van der Waals surface area contributed by atoms with Crippen molar-refractivity contribution in [2.24, 2.45) is 11.8 Å². The highest BCUT2D eigenvalue weighted by Gasteiger charge is 2.31. The first kappa shape index (κ1) is 18.2. The fourth-order valence-electron chi connectivity index (χ4n) is 3.92. The summed E-state index contributed by atoms with van der Waals surface area (Å²) in [4.78, 5) is 16.8. The molecule has 3 rings (SSSR count). The lowest BCUT2D eigenvalue weighted by Gasteiger charge is -2.28. The number of ether oxygens (including phenoxy) is 1. The largest absolute Gasteiger partial charge is 0.381 e. The second-order valence-corrected chi connectivity index (χ2v) is 7.68. The minimum absolute atomic E-state index is 0.0454. The van der Waals surface area contributed by atoms with Crippen LogP contribution in [0.15, 0.2) is 30.3 Å². The molecule has 0 unspecified atom stereocenters. The van der Waals surface area contributed by atoms with E-state index in [2.05, 4.69) is 41.4 Å². The fourth-order valence-corrected chi connectivity index (χ4v) is 3.92. The maximum Gasteiger partial charge on any atom is 0.317 e. The molecule has 0 saturated carbocycles. The minimum atomic E-state index is 0.0454. The molecule has 2 fully saturated rings. The van der Waals surface area contributed by atoms with Crippen molar-refractivity contribution in [3.63, 3.8) is 0 Å². The van der Waals surface area contributed by atoms with E-state index in [1.165, 1.54) is 5.56 Å². The van der Waals surface area contributed by atoms with Crippen LogP contribution in [0.25, 0.3) is 0 Å². The maximum absolute atomic E-state index is 12.5. The van der Waals surface area contributed by atoms with Gasteiger partial charge in [0.1, 0.15) is 0 Å². The number of nitrogens with zero attached hydrogens (tertiary/aromatic N) is 2. The maximum atomic E-state index is 12.5. The van der Waals surface area contributed by atoms with Gasteiger partial charge in [0.25, 0.3) is 0 Å². The van der Waals surface area contributed by atoms with Gasteiger partial charge in [0.05, 0.1) is 6.61 Å². The molecular formula is C20H31N3O2. The second-order valence-electron chi connectivity index (χ2n) is 7.68. The molecular weight excluding hydrogens is 314 g/mol. The molecule has 1 aromatic rings. The Kier molecular flexibility index (Phi) is 6.32. The quantitative estimate of drug-likeness (QED) is 0.892. The molecule has 2 aliphatic rings. The number of rotatable bonds is 5. The van der Waals surface area contributed by atoms with E-state index in [9.17, 15) is 4.79 Å². The summed E-state index contributed by atoms with van der Waals surface area (Å²) in [6, 6.07) is 10.8. The van der Waals surface area contributed by atoms with Crippen molar-refractivity contribution in [1.29, 1.82) is 0 Å². The number of carbonyl (C=O) groups excluding carboxylic acids is 1. The number of likely N-dealkylation sites (tertiary alicyclic amines) is 1. The van der Waals surface area contributed by atoms with E-state index >= 15 is 0 Å². The molecule has 0 aromatic heterocycles. The average molecular weight is 345 g/mol. The zero-order valence-electron chi connectivity index (χ0n) is 15.5. The molecule has 1 N–H and O–H groups in total. The van der Waals surface area contributed by atoms with Gasteiger partial charge in [0.2, 0.25) is 0 Å². The molecule has 0 radical (unpaired) electrons. The van der Waals surface area contributed by atoms with Crippen LogP contribution < -0.4 is 5.32 Å². The number of urea groups is 1. The normalized spacial score (nSPS) is 27.2. The van der Waals surface area contributed by atoms with Crippen molar-refractivity contribution in [2.45, 2.75) is 32.4 Å². The summed E-state index contributed by atoms with van der Waals surface area (Å²) in [6.45, 7) is 7.55. The van der Waals surface area contributed by atoms with Gasteiger partial charge in [-0.2, -0.15) is 0 Å². The third kappa shape index (κ3) is 5.19. The van der Waals surface area contributed by atoms with E-state index in [0.29, 0.717) is 11.8 Å². The van der Waals surface area contributed by atoms with E-state index in [1.54, 1.807) is 0 Å². The van der Waals surface area contributed by atoms with Crippen molar-refractivity contribution in [1.82, 2.24) is 15.1 Å². The van der Waals surface area contributed by atoms with Gasteiger partial charge in [-0.1, -0.05) is 37.3 Å². The summed E-state index contributed by atoms with van der Waals surface area (Å²) in [5, 5.41) is 3.24. The van der Waals surface area contributed by atoms with Crippen LogP contribution in [-0.4, -0.2) is 61.8 Å². The highest BCUT2D eigenvalue weighted by atomic mass is 16.5. The van der Waals surface area contributed by atoms with Crippen LogP contribution in [0.1, 0.15) is 25.3 Å². The number of nitrogens with one attached hydrogen (secondary N) is 1. The van der Waals surface area contributed by atoms with E-state index in [0.717, 1.165) is 52.2 Å². The Morgan fingerprint density at radius 1 is 1.32 bits per heavy atom. The van der Waals surface area contributed by atoms with Crippen molar-refractivity contribution >= 4 is 6.03 Å². The zero-order valence-corrected chi connectivity index (χ0v) is 15.5. The molecule has 25 heavy (non-hydrogen) atoms. The zero-order chi connectivity index (χ0) is 17.6. The summed E-state index contributed by atoms with van der Waals surface area (Å²) in [5.41, 5.74) is 1.33. The van der Waals surface area contributed by atoms with Crippen LogP contribution in [0.2, 0.25) is 0 Å². The van der Waals surface area contributed by atoms with Gasteiger partial charge in [-0.25, -0.2) is 4.79 Å². The summed E-state index contributed by atoms with van der Waals surface area (Å²) < 4.78 is 5.52. The molecule has 2 saturated heterocycles. The monoisotopic (exact) mass is 345 g/mol. The fraction of sp³-hybridized carbons (Fsp3) is 0.650. The van der Waals surface area contributed by atoms with E-state index in [1.807, 2.05) is 18.0 Å². The minimum Gasteiger partial charge on any atom is -0.381 e.